The molecule has 110 valence electrons. The lowest BCUT2D eigenvalue weighted by Gasteiger charge is -2.10. The van der Waals surface area contributed by atoms with Gasteiger partial charge in [0, 0.05) is 5.92 Å². The third-order valence-corrected chi connectivity index (χ3v) is 2.61. The van der Waals surface area contributed by atoms with Crippen molar-refractivity contribution in [3.63, 3.8) is 0 Å². The zero-order valence-corrected chi connectivity index (χ0v) is 10.8. The first-order valence-corrected chi connectivity index (χ1v) is 5.80. The summed E-state index contributed by atoms with van der Waals surface area (Å²) in [5.41, 5.74) is -1.87. The number of Topliss-reactive ketones (excluding diaryl/α,β-unsaturated/α-hetero) is 1. The second-order valence-electron chi connectivity index (χ2n) is 4.50. The zero-order valence-electron chi connectivity index (χ0n) is 10.8. The second-order valence-corrected chi connectivity index (χ2v) is 4.50. The van der Waals surface area contributed by atoms with Crippen LogP contribution in [0.25, 0.3) is 0 Å². The molecule has 20 heavy (non-hydrogen) atoms. The van der Waals surface area contributed by atoms with Gasteiger partial charge in [-0.2, -0.15) is 13.2 Å². The maximum atomic E-state index is 13.4. The van der Waals surface area contributed by atoms with Crippen molar-refractivity contribution in [2.75, 3.05) is 6.54 Å². The van der Waals surface area contributed by atoms with Crippen LogP contribution in [0.5, 0.6) is 0 Å². The van der Waals surface area contributed by atoms with Crippen LogP contribution in [0.1, 0.15) is 29.8 Å². The van der Waals surface area contributed by atoms with Gasteiger partial charge in [0.05, 0.1) is 17.7 Å². The number of rotatable bonds is 4. The Kier molecular flexibility index (Phi) is 4.86. The molecule has 0 saturated heterocycles. The highest BCUT2D eigenvalue weighted by Gasteiger charge is 2.32. The minimum atomic E-state index is -4.67. The standard InChI is InChI=1S/C13H13F4NO2/c1-7(2)11(19)6-18-12(20)9-5-8(13(15,16)17)3-4-10(9)14/h3-5,7H,6H2,1-2H3,(H,18,20). The van der Waals surface area contributed by atoms with Crippen LogP contribution in [-0.2, 0) is 11.0 Å². The Morgan fingerprint density at radius 2 is 1.85 bits per heavy atom. The quantitative estimate of drug-likeness (QED) is 0.867. The molecule has 0 spiro atoms. The Bertz CT molecular complexity index is 524. The van der Waals surface area contributed by atoms with Crippen molar-refractivity contribution in [3.05, 3.63) is 35.1 Å². The molecule has 0 atom stereocenters. The van der Waals surface area contributed by atoms with E-state index in [9.17, 15) is 27.2 Å². The number of carbonyl (C=O) groups excluding carboxylic acids is 2. The summed E-state index contributed by atoms with van der Waals surface area (Å²) in [6.45, 7) is 2.87. The van der Waals surface area contributed by atoms with Crippen molar-refractivity contribution in [2.45, 2.75) is 20.0 Å². The van der Waals surface area contributed by atoms with Crippen LogP contribution in [0.15, 0.2) is 18.2 Å². The Morgan fingerprint density at radius 3 is 2.35 bits per heavy atom. The van der Waals surface area contributed by atoms with Gasteiger partial charge in [-0.3, -0.25) is 9.59 Å². The predicted molar refractivity (Wildman–Crippen MR) is 63.6 cm³/mol. The first-order chi connectivity index (χ1) is 9.12. The fraction of sp³-hybridized carbons (Fsp3) is 0.385. The molecule has 1 aromatic rings. The van der Waals surface area contributed by atoms with Crippen molar-refractivity contribution in [1.29, 1.82) is 0 Å². The maximum absolute atomic E-state index is 13.4. The summed E-state index contributed by atoms with van der Waals surface area (Å²) < 4.78 is 50.8. The van der Waals surface area contributed by atoms with Gasteiger partial charge in [0.15, 0.2) is 5.78 Å². The number of amides is 1. The lowest BCUT2D eigenvalue weighted by molar-refractivity contribution is -0.137. The van der Waals surface area contributed by atoms with Crippen LogP contribution in [-0.4, -0.2) is 18.2 Å². The molecular weight excluding hydrogens is 278 g/mol. The number of benzene rings is 1. The van der Waals surface area contributed by atoms with Crippen LogP contribution in [0.4, 0.5) is 17.6 Å². The largest absolute Gasteiger partial charge is 0.416 e. The molecule has 0 aliphatic carbocycles. The van der Waals surface area contributed by atoms with E-state index in [0.717, 1.165) is 0 Å². The summed E-state index contributed by atoms with van der Waals surface area (Å²) >= 11 is 0. The topological polar surface area (TPSA) is 46.2 Å². The smallest absolute Gasteiger partial charge is 0.345 e. The molecule has 0 heterocycles. The number of nitrogens with one attached hydrogen (secondary N) is 1. The van der Waals surface area contributed by atoms with Crippen molar-refractivity contribution < 1.29 is 27.2 Å². The molecule has 1 N–H and O–H groups in total. The Balaban J connectivity index is 2.90. The summed E-state index contributed by atoms with van der Waals surface area (Å²) in [6, 6.07) is 1.54. The summed E-state index contributed by atoms with van der Waals surface area (Å²) in [5.74, 6) is -2.76. The number of halogens is 4. The maximum Gasteiger partial charge on any atom is 0.416 e. The minimum absolute atomic E-state index is 0.300. The first-order valence-electron chi connectivity index (χ1n) is 5.80. The third-order valence-electron chi connectivity index (χ3n) is 2.61. The number of ketones is 1. The van der Waals surface area contributed by atoms with E-state index in [1.165, 1.54) is 0 Å². The van der Waals surface area contributed by atoms with Crippen molar-refractivity contribution in [2.24, 2.45) is 5.92 Å². The van der Waals surface area contributed by atoms with Crippen LogP contribution >= 0.6 is 0 Å². The summed E-state index contributed by atoms with van der Waals surface area (Å²) in [5, 5.41) is 2.10. The Labute approximate surface area is 113 Å². The summed E-state index contributed by atoms with van der Waals surface area (Å²) in [6.07, 6.45) is -4.67. The molecule has 0 bridgehead atoms. The molecule has 0 aromatic heterocycles. The molecular formula is C13H13F4NO2. The van der Waals surface area contributed by atoms with E-state index in [-0.39, 0.29) is 18.2 Å². The molecule has 1 amide bonds. The van der Waals surface area contributed by atoms with Gasteiger partial charge in [0.1, 0.15) is 5.82 Å². The molecule has 0 fully saturated rings. The van der Waals surface area contributed by atoms with Gasteiger partial charge in [0.25, 0.3) is 5.91 Å². The van der Waals surface area contributed by atoms with E-state index in [1.54, 1.807) is 13.8 Å². The van der Waals surface area contributed by atoms with Gasteiger partial charge in [-0.25, -0.2) is 4.39 Å². The number of carbonyl (C=O) groups is 2. The lowest BCUT2D eigenvalue weighted by Crippen LogP contribution is -2.32. The molecule has 1 aromatic carbocycles. The Hall–Kier alpha value is -1.92. The molecule has 0 saturated carbocycles. The van der Waals surface area contributed by atoms with Gasteiger partial charge < -0.3 is 5.32 Å². The highest BCUT2D eigenvalue weighted by molar-refractivity contribution is 5.97. The van der Waals surface area contributed by atoms with Gasteiger partial charge in [0.2, 0.25) is 0 Å². The fourth-order valence-electron chi connectivity index (χ4n) is 1.34. The van der Waals surface area contributed by atoms with Crippen molar-refractivity contribution in [1.82, 2.24) is 5.32 Å². The highest BCUT2D eigenvalue weighted by atomic mass is 19.4. The molecule has 0 unspecified atom stereocenters. The highest BCUT2D eigenvalue weighted by Crippen LogP contribution is 2.30. The van der Waals surface area contributed by atoms with Gasteiger partial charge >= 0.3 is 6.18 Å². The van der Waals surface area contributed by atoms with E-state index in [1.807, 2.05) is 0 Å². The fourth-order valence-corrected chi connectivity index (χ4v) is 1.34. The number of hydrogen-bond acceptors (Lipinski definition) is 2. The Morgan fingerprint density at radius 1 is 1.25 bits per heavy atom. The van der Waals surface area contributed by atoms with Crippen LogP contribution < -0.4 is 5.32 Å². The molecule has 3 nitrogen and oxygen atoms in total. The lowest BCUT2D eigenvalue weighted by atomic mass is 10.1. The van der Waals surface area contributed by atoms with Crippen LogP contribution in [0.2, 0.25) is 0 Å². The molecule has 0 radical (unpaired) electrons. The minimum Gasteiger partial charge on any atom is -0.345 e. The van der Waals surface area contributed by atoms with Crippen molar-refractivity contribution in [3.8, 4) is 0 Å². The second kappa shape index (κ2) is 6.02. The van der Waals surface area contributed by atoms with E-state index in [2.05, 4.69) is 5.32 Å². The average molecular weight is 291 g/mol. The van der Waals surface area contributed by atoms with E-state index in [4.69, 9.17) is 0 Å². The first kappa shape index (κ1) is 16.1. The van der Waals surface area contributed by atoms with Gasteiger partial charge in [-0.15, -0.1) is 0 Å². The number of hydrogen-bond donors (Lipinski definition) is 1. The number of alkyl halides is 3. The van der Waals surface area contributed by atoms with Gasteiger partial charge in [-0.05, 0) is 18.2 Å². The van der Waals surface area contributed by atoms with E-state index >= 15 is 0 Å². The normalized spacial score (nSPS) is 11.6. The monoisotopic (exact) mass is 291 g/mol. The van der Waals surface area contributed by atoms with Crippen LogP contribution in [0.3, 0.4) is 0 Å². The summed E-state index contributed by atoms with van der Waals surface area (Å²) in [7, 11) is 0. The van der Waals surface area contributed by atoms with E-state index < -0.39 is 29.0 Å². The van der Waals surface area contributed by atoms with Crippen molar-refractivity contribution >= 4 is 11.7 Å². The zero-order chi connectivity index (χ0) is 15.5. The average Bonchev–Trinajstić information content (AvgIpc) is 2.34. The summed E-state index contributed by atoms with van der Waals surface area (Å²) in [4.78, 5) is 22.9. The SMILES string of the molecule is CC(C)C(=O)CNC(=O)c1cc(C(F)(F)F)ccc1F. The molecule has 0 aliphatic rings. The third kappa shape index (κ3) is 4.04. The van der Waals surface area contributed by atoms with E-state index in [0.29, 0.717) is 18.2 Å². The van der Waals surface area contributed by atoms with Gasteiger partial charge in [-0.1, -0.05) is 13.8 Å². The molecule has 1 rings (SSSR count). The molecule has 7 heteroatoms. The predicted octanol–water partition coefficient (Wildman–Crippen LogP) is 2.80. The van der Waals surface area contributed by atoms with Crippen LogP contribution in [0, 0.1) is 11.7 Å². The molecule has 0 aliphatic heterocycles.